The molecule has 0 saturated carbocycles. The maximum absolute atomic E-state index is 11.8. The third-order valence-corrected chi connectivity index (χ3v) is 5.79. The van der Waals surface area contributed by atoms with Gasteiger partial charge in [-0.25, -0.2) is 4.79 Å². The zero-order chi connectivity index (χ0) is 19.9. The number of nitrogens with zero attached hydrogens (tertiary/aromatic N) is 1. The van der Waals surface area contributed by atoms with E-state index < -0.39 is 22.9 Å². The largest absolute Gasteiger partial charge is 0.395 e. The molecule has 9 nitrogen and oxygen atoms in total. The second kappa shape index (κ2) is 10.5. The van der Waals surface area contributed by atoms with Gasteiger partial charge < -0.3 is 18.9 Å². The lowest BCUT2D eigenvalue weighted by Gasteiger charge is -2.18. The highest BCUT2D eigenvalue weighted by molar-refractivity contribution is 8.13. The van der Waals surface area contributed by atoms with Crippen molar-refractivity contribution in [2.45, 2.75) is 39.0 Å². The number of ether oxygens (including phenoxy) is 1. The Labute approximate surface area is 162 Å². The number of aliphatic hydroxyl groups is 1. The topological polar surface area (TPSA) is 120 Å². The van der Waals surface area contributed by atoms with Crippen molar-refractivity contribution in [3.05, 3.63) is 33.1 Å². The quantitative estimate of drug-likeness (QED) is 0.426. The number of carbonyl (C=O) groups is 1. The van der Waals surface area contributed by atoms with E-state index in [2.05, 4.69) is 4.98 Å². The van der Waals surface area contributed by atoms with Gasteiger partial charge in [-0.15, -0.1) is 0 Å². The highest BCUT2D eigenvalue weighted by atomic mass is 32.2. The summed E-state index contributed by atoms with van der Waals surface area (Å²) in [7, 11) is -0.166. The number of nitrogens with one attached hydrogen (secondary N) is 1. The Kier molecular flexibility index (Phi) is 8.65. The van der Waals surface area contributed by atoms with Crippen LogP contribution in [0.1, 0.15) is 32.9 Å². The molecule has 2 N–H and O–H groups in total. The Bertz CT molecular complexity index is 736. The van der Waals surface area contributed by atoms with Crippen molar-refractivity contribution >= 4 is 25.9 Å². The van der Waals surface area contributed by atoms with Gasteiger partial charge >= 0.3 is 5.69 Å². The van der Waals surface area contributed by atoms with Gasteiger partial charge in [-0.1, -0.05) is 11.8 Å². The molecule has 0 bridgehead atoms. The van der Waals surface area contributed by atoms with Crippen LogP contribution in [0.4, 0.5) is 0 Å². The number of hydrogen-bond acceptors (Lipinski definition) is 8. The molecule has 1 aromatic heterocycles. The van der Waals surface area contributed by atoms with Crippen LogP contribution in [0.3, 0.4) is 0 Å². The van der Waals surface area contributed by atoms with Gasteiger partial charge in [-0.2, -0.15) is 0 Å². The van der Waals surface area contributed by atoms with E-state index in [-0.39, 0.29) is 26.9 Å². The summed E-state index contributed by atoms with van der Waals surface area (Å²) in [4.78, 5) is 36.9. The third kappa shape index (κ3) is 6.81. The van der Waals surface area contributed by atoms with E-state index in [4.69, 9.17) is 18.9 Å². The van der Waals surface area contributed by atoms with Crippen LogP contribution in [0.15, 0.2) is 21.9 Å². The Morgan fingerprint density at radius 1 is 1.44 bits per heavy atom. The number of H-pyrrole nitrogens is 1. The van der Waals surface area contributed by atoms with Gasteiger partial charge in [0.2, 0.25) is 0 Å². The standard InChI is InChI=1S/C16H25N2O7PS/c1-16(2,10-19)14(21)27-8-7-23-26-24-9-11-3-4-13(25-11)18-6-5-12(20)17-15(18)22/h5-6,11,13,19,26H,3-4,7-10H2,1-2H3,(H,17,20,22). The summed E-state index contributed by atoms with van der Waals surface area (Å²) in [5, 5.41) is 9.06. The number of aromatic nitrogens is 2. The van der Waals surface area contributed by atoms with Crippen molar-refractivity contribution in [2.24, 2.45) is 5.41 Å². The molecule has 1 fully saturated rings. The molecule has 0 aromatic carbocycles. The van der Waals surface area contributed by atoms with Crippen LogP contribution in [0, 0.1) is 5.41 Å². The molecule has 1 aromatic rings. The Balaban J connectivity index is 1.59. The molecule has 0 aliphatic carbocycles. The summed E-state index contributed by atoms with van der Waals surface area (Å²) < 4.78 is 17.9. The van der Waals surface area contributed by atoms with Crippen molar-refractivity contribution in [1.29, 1.82) is 0 Å². The van der Waals surface area contributed by atoms with Crippen molar-refractivity contribution in [3.63, 3.8) is 0 Å². The lowest BCUT2D eigenvalue weighted by Crippen LogP contribution is -2.31. The van der Waals surface area contributed by atoms with Gasteiger partial charge in [-0.05, 0) is 26.7 Å². The first-order valence-electron chi connectivity index (χ1n) is 8.57. The van der Waals surface area contributed by atoms with Crippen LogP contribution in [-0.2, 0) is 18.6 Å². The van der Waals surface area contributed by atoms with E-state index in [9.17, 15) is 14.4 Å². The molecule has 0 radical (unpaired) electrons. The van der Waals surface area contributed by atoms with Crippen molar-refractivity contribution in [2.75, 3.05) is 25.6 Å². The van der Waals surface area contributed by atoms with Gasteiger partial charge in [0.25, 0.3) is 5.56 Å². The molecule has 0 amide bonds. The van der Waals surface area contributed by atoms with Gasteiger partial charge in [0.1, 0.15) is 6.23 Å². The van der Waals surface area contributed by atoms with Crippen molar-refractivity contribution < 1.29 is 23.7 Å². The number of aliphatic hydroxyl groups excluding tert-OH is 1. The molecule has 3 unspecified atom stereocenters. The molecule has 0 spiro atoms. The summed E-state index contributed by atoms with van der Waals surface area (Å²) in [6, 6.07) is 1.29. The number of rotatable bonds is 10. The minimum atomic E-state index is -0.743. The van der Waals surface area contributed by atoms with Crippen LogP contribution >= 0.6 is 20.8 Å². The predicted molar refractivity (Wildman–Crippen MR) is 103 cm³/mol. The van der Waals surface area contributed by atoms with E-state index in [1.54, 1.807) is 13.8 Å². The molecule has 1 aliphatic rings. The summed E-state index contributed by atoms with van der Waals surface area (Å²) in [5.74, 6) is 0.496. The Morgan fingerprint density at radius 3 is 2.93 bits per heavy atom. The molecule has 27 heavy (non-hydrogen) atoms. The smallest absolute Gasteiger partial charge is 0.330 e. The maximum Gasteiger partial charge on any atom is 0.330 e. The fourth-order valence-electron chi connectivity index (χ4n) is 2.31. The SMILES string of the molecule is CC(C)(CO)C(=O)SCCOPOCC1CCC(n2ccc(=O)[nH]c2=O)O1. The Hall–Kier alpha value is -1.03. The average molecular weight is 420 g/mol. The van der Waals surface area contributed by atoms with Crippen LogP contribution in [0.25, 0.3) is 0 Å². The molecule has 152 valence electrons. The summed E-state index contributed by atoms with van der Waals surface area (Å²) in [5.41, 5.74) is -1.67. The molecular weight excluding hydrogens is 395 g/mol. The number of aromatic amines is 1. The van der Waals surface area contributed by atoms with Crippen LogP contribution in [0.2, 0.25) is 0 Å². The Morgan fingerprint density at radius 2 is 2.22 bits per heavy atom. The number of carbonyl (C=O) groups excluding carboxylic acids is 1. The van der Waals surface area contributed by atoms with Gasteiger partial charge in [-0.3, -0.25) is 19.1 Å². The predicted octanol–water partition coefficient (Wildman–Crippen LogP) is 1.03. The zero-order valence-electron chi connectivity index (χ0n) is 15.3. The van der Waals surface area contributed by atoms with Crippen molar-refractivity contribution in [3.8, 4) is 0 Å². The average Bonchev–Trinajstić information content (AvgIpc) is 3.09. The van der Waals surface area contributed by atoms with Crippen LogP contribution in [-0.4, -0.2) is 51.5 Å². The zero-order valence-corrected chi connectivity index (χ0v) is 17.1. The maximum atomic E-state index is 11.8. The third-order valence-electron chi connectivity index (χ3n) is 4.00. The van der Waals surface area contributed by atoms with Crippen LogP contribution < -0.4 is 11.2 Å². The summed E-state index contributed by atoms with van der Waals surface area (Å²) in [6.07, 6.45) is 2.26. The lowest BCUT2D eigenvalue weighted by atomic mass is 9.97. The second-order valence-electron chi connectivity index (χ2n) is 6.73. The number of thioether (sulfide) groups is 1. The fourth-order valence-corrected chi connectivity index (χ4v) is 3.79. The van der Waals surface area contributed by atoms with E-state index in [1.807, 2.05) is 0 Å². The highest BCUT2D eigenvalue weighted by Crippen LogP contribution is 2.29. The molecule has 1 aliphatic heterocycles. The molecule has 11 heteroatoms. The first-order valence-corrected chi connectivity index (χ1v) is 10.4. The molecule has 2 heterocycles. The molecule has 1 saturated heterocycles. The minimum Gasteiger partial charge on any atom is -0.395 e. The second-order valence-corrected chi connectivity index (χ2v) is 8.54. The first-order chi connectivity index (χ1) is 12.8. The van der Waals surface area contributed by atoms with E-state index >= 15 is 0 Å². The first kappa shape index (κ1) is 22.3. The molecule has 3 atom stereocenters. The minimum absolute atomic E-state index is 0.0688. The van der Waals surface area contributed by atoms with E-state index in [1.165, 1.54) is 16.8 Å². The fraction of sp³-hybridized carbons (Fsp3) is 0.688. The highest BCUT2D eigenvalue weighted by Gasteiger charge is 2.28. The summed E-state index contributed by atoms with van der Waals surface area (Å²) in [6.45, 7) is 3.93. The van der Waals surface area contributed by atoms with E-state index in [0.29, 0.717) is 25.4 Å². The normalized spacial score (nSPS) is 20.6. The van der Waals surface area contributed by atoms with Gasteiger partial charge in [0.15, 0.2) is 14.1 Å². The van der Waals surface area contributed by atoms with E-state index in [0.717, 1.165) is 18.2 Å². The van der Waals surface area contributed by atoms with Gasteiger partial charge in [0, 0.05) is 18.0 Å². The van der Waals surface area contributed by atoms with Gasteiger partial charge in [0.05, 0.1) is 31.3 Å². The summed E-state index contributed by atoms with van der Waals surface area (Å²) >= 11 is 1.13. The lowest BCUT2D eigenvalue weighted by molar-refractivity contribution is -0.119. The molecule has 2 rings (SSSR count). The van der Waals surface area contributed by atoms with Crippen molar-refractivity contribution in [1.82, 2.24) is 9.55 Å². The van der Waals surface area contributed by atoms with Crippen LogP contribution in [0.5, 0.6) is 0 Å². The number of hydrogen-bond donors (Lipinski definition) is 2. The molecular formula is C16H25N2O7PS. The monoisotopic (exact) mass is 420 g/mol.